The van der Waals surface area contributed by atoms with Gasteiger partial charge < -0.3 is 9.64 Å². The fourth-order valence-corrected chi connectivity index (χ4v) is 2.69. The van der Waals surface area contributed by atoms with Crippen LogP contribution in [0.25, 0.3) is 0 Å². The van der Waals surface area contributed by atoms with E-state index in [2.05, 4.69) is 4.90 Å². The first-order valence-electron chi connectivity index (χ1n) is 6.25. The Morgan fingerprint density at radius 3 is 2.58 bits per heavy atom. The van der Waals surface area contributed by atoms with Gasteiger partial charge in [0, 0.05) is 36.8 Å². The number of halogens is 1. The molecule has 0 N–H and O–H groups in total. The molecule has 0 spiro atoms. The van der Waals surface area contributed by atoms with Gasteiger partial charge in [0.25, 0.3) is 5.69 Å². The molecule has 1 heterocycles. The van der Waals surface area contributed by atoms with Gasteiger partial charge in [-0.1, -0.05) is 0 Å². The first-order valence-corrected chi connectivity index (χ1v) is 6.78. The van der Waals surface area contributed by atoms with Gasteiger partial charge >= 0.3 is 0 Å². The summed E-state index contributed by atoms with van der Waals surface area (Å²) >= 11 is 5.92. The van der Waals surface area contributed by atoms with Crippen LogP contribution in [0, 0.1) is 10.1 Å². The zero-order valence-corrected chi connectivity index (χ0v) is 11.8. The summed E-state index contributed by atoms with van der Waals surface area (Å²) in [5, 5.41) is 10.8. The lowest BCUT2D eigenvalue weighted by molar-refractivity contribution is -0.384. The van der Waals surface area contributed by atoms with Gasteiger partial charge in [-0.3, -0.25) is 10.1 Å². The Bertz CT molecular complexity index is 471. The van der Waals surface area contributed by atoms with E-state index in [1.54, 1.807) is 12.1 Å². The monoisotopic (exact) mass is 284 g/mol. The molecule has 2 rings (SSSR count). The maximum absolute atomic E-state index is 10.8. The lowest BCUT2D eigenvalue weighted by Crippen LogP contribution is -2.45. The molecule has 5 nitrogen and oxygen atoms in total. The van der Waals surface area contributed by atoms with Crippen molar-refractivity contribution in [1.29, 1.82) is 0 Å². The number of anilines is 1. The average molecular weight is 285 g/mol. The van der Waals surface area contributed by atoms with Crippen molar-refractivity contribution < 1.29 is 9.66 Å². The van der Waals surface area contributed by atoms with Crippen molar-refractivity contribution in [3.8, 4) is 0 Å². The molecule has 104 valence electrons. The van der Waals surface area contributed by atoms with Crippen molar-refractivity contribution in [2.24, 2.45) is 0 Å². The van der Waals surface area contributed by atoms with Gasteiger partial charge in [0.1, 0.15) is 0 Å². The molecule has 1 aliphatic heterocycles. The lowest BCUT2D eigenvalue weighted by atomic mass is 10.1. The van der Waals surface area contributed by atoms with Gasteiger partial charge in [0.15, 0.2) is 0 Å². The summed E-state index contributed by atoms with van der Waals surface area (Å²) in [6.07, 6.45) is 0.282. The predicted octanol–water partition coefficient (Wildman–Crippen LogP) is 2.95. The third-order valence-electron chi connectivity index (χ3n) is 3.18. The van der Waals surface area contributed by atoms with Crippen LogP contribution in [0.5, 0.6) is 0 Å². The maximum Gasteiger partial charge on any atom is 0.269 e. The highest BCUT2D eigenvalue weighted by molar-refractivity contribution is 6.17. The van der Waals surface area contributed by atoms with E-state index in [4.69, 9.17) is 16.3 Å². The molecule has 1 aromatic carbocycles. The van der Waals surface area contributed by atoms with Crippen molar-refractivity contribution in [2.75, 3.05) is 18.0 Å². The van der Waals surface area contributed by atoms with Gasteiger partial charge in [-0.15, -0.1) is 11.6 Å². The number of alkyl halides is 1. The fourth-order valence-electron chi connectivity index (χ4n) is 2.48. The van der Waals surface area contributed by atoms with Crippen LogP contribution in [-0.4, -0.2) is 30.2 Å². The van der Waals surface area contributed by atoms with Crippen LogP contribution >= 0.6 is 11.6 Å². The third-order valence-corrected chi connectivity index (χ3v) is 3.47. The minimum Gasteiger partial charge on any atom is -0.372 e. The molecule has 2 unspecified atom stereocenters. The number of nitro benzene ring substituents is 1. The summed E-state index contributed by atoms with van der Waals surface area (Å²) in [4.78, 5) is 12.6. The van der Waals surface area contributed by atoms with Crippen LogP contribution in [0.15, 0.2) is 18.2 Å². The van der Waals surface area contributed by atoms with Crippen molar-refractivity contribution in [3.05, 3.63) is 33.9 Å². The molecule has 0 amide bonds. The first-order chi connectivity index (χ1) is 9.01. The van der Waals surface area contributed by atoms with Gasteiger partial charge in [-0.2, -0.15) is 0 Å². The molecule has 0 radical (unpaired) electrons. The molecule has 0 aliphatic carbocycles. The molecule has 0 saturated carbocycles. The predicted molar refractivity (Wildman–Crippen MR) is 74.9 cm³/mol. The largest absolute Gasteiger partial charge is 0.372 e. The number of morpholine rings is 1. The molecule has 0 aromatic heterocycles. The van der Waals surface area contributed by atoms with Gasteiger partial charge in [-0.05, 0) is 25.5 Å². The Morgan fingerprint density at radius 2 is 2.05 bits per heavy atom. The van der Waals surface area contributed by atoms with Crippen LogP contribution < -0.4 is 4.90 Å². The highest BCUT2D eigenvalue weighted by atomic mass is 35.5. The van der Waals surface area contributed by atoms with E-state index in [0.29, 0.717) is 0 Å². The standard InChI is InChI=1S/C13H17ClN2O3/c1-9-7-15(8-10(2)19-9)13-4-3-12(16(17)18)5-11(13)6-14/h3-5,9-10H,6-8H2,1-2H3. The smallest absolute Gasteiger partial charge is 0.269 e. The molecule has 6 heteroatoms. The van der Waals surface area contributed by atoms with Crippen LogP contribution in [0.3, 0.4) is 0 Å². The summed E-state index contributed by atoms with van der Waals surface area (Å²) in [5.41, 5.74) is 1.83. The van der Waals surface area contributed by atoms with Crippen molar-refractivity contribution in [2.45, 2.75) is 31.9 Å². The normalized spacial score (nSPS) is 23.4. The van der Waals surface area contributed by atoms with Gasteiger partial charge in [-0.25, -0.2) is 0 Å². The second-order valence-electron chi connectivity index (χ2n) is 4.87. The topological polar surface area (TPSA) is 55.6 Å². The Hall–Kier alpha value is -1.33. The van der Waals surface area contributed by atoms with Crippen molar-refractivity contribution in [1.82, 2.24) is 0 Å². The van der Waals surface area contributed by atoms with E-state index in [1.165, 1.54) is 6.07 Å². The minimum atomic E-state index is -0.398. The van der Waals surface area contributed by atoms with Gasteiger partial charge in [0.2, 0.25) is 0 Å². The number of nitrogens with zero attached hydrogens (tertiary/aromatic N) is 2. The highest BCUT2D eigenvalue weighted by Crippen LogP contribution is 2.29. The van der Waals surface area contributed by atoms with Crippen LogP contribution in [-0.2, 0) is 10.6 Å². The summed E-state index contributed by atoms with van der Waals surface area (Å²) in [6, 6.07) is 4.85. The van der Waals surface area contributed by atoms with Crippen LogP contribution in [0.2, 0.25) is 0 Å². The number of hydrogen-bond donors (Lipinski definition) is 0. The summed E-state index contributed by atoms with van der Waals surface area (Å²) in [7, 11) is 0. The molecule has 0 bridgehead atoms. The molecular weight excluding hydrogens is 268 g/mol. The molecule has 1 saturated heterocycles. The molecule has 1 aliphatic rings. The average Bonchev–Trinajstić information content (AvgIpc) is 2.36. The van der Waals surface area contributed by atoms with E-state index in [9.17, 15) is 10.1 Å². The quantitative estimate of drug-likeness (QED) is 0.486. The molecule has 19 heavy (non-hydrogen) atoms. The number of non-ortho nitro benzene ring substituents is 1. The summed E-state index contributed by atoms with van der Waals surface area (Å²) < 4.78 is 5.69. The van der Waals surface area contributed by atoms with E-state index in [0.717, 1.165) is 24.3 Å². The van der Waals surface area contributed by atoms with E-state index < -0.39 is 4.92 Å². The number of rotatable bonds is 3. The lowest BCUT2D eigenvalue weighted by Gasteiger charge is -2.37. The van der Waals surface area contributed by atoms with Crippen LogP contribution in [0.1, 0.15) is 19.4 Å². The zero-order chi connectivity index (χ0) is 14.0. The number of hydrogen-bond acceptors (Lipinski definition) is 4. The third kappa shape index (κ3) is 3.16. The summed E-state index contributed by atoms with van der Waals surface area (Å²) in [5.74, 6) is 0.261. The SMILES string of the molecule is CC1CN(c2ccc([N+](=O)[O-])cc2CCl)CC(C)O1. The van der Waals surface area contributed by atoms with E-state index in [1.807, 2.05) is 13.8 Å². The minimum absolute atomic E-state index is 0.0776. The number of nitro groups is 1. The number of ether oxygens (including phenoxy) is 1. The zero-order valence-electron chi connectivity index (χ0n) is 11.0. The molecular formula is C13H17ClN2O3. The van der Waals surface area contributed by atoms with Gasteiger partial charge in [0.05, 0.1) is 17.1 Å². The van der Waals surface area contributed by atoms with E-state index >= 15 is 0 Å². The Balaban J connectivity index is 2.30. The Kier molecular flexibility index (Phi) is 4.27. The maximum atomic E-state index is 10.8. The number of benzene rings is 1. The van der Waals surface area contributed by atoms with Crippen molar-refractivity contribution >= 4 is 23.0 Å². The molecule has 1 fully saturated rings. The van der Waals surface area contributed by atoms with Crippen molar-refractivity contribution in [3.63, 3.8) is 0 Å². The molecule has 1 aromatic rings. The first kappa shape index (κ1) is 14.1. The van der Waals surface area contributed by atoms with E-state index in [-0.39, 0.29) is 23.8 Å². The highest BCUT2D eigenvalue weighted by Gasteiger charge is 2.24. The fraction of sp³-hybridized carbons (Fsp3) is 0.538. The Morgan fingerprint density at radius 1 is 1.42 bits per heavy atom. The second kappa shape index (κ2) is 5.75. The summed E-state index contributed by atoms with van der Waals surface area (Å²) in [6.45, 7) is 5.58. The second-order valence-corrected chi connectivity index (χ2v) is 5.13. The van der Waals surface area contributed by atoms with Crippen LogP contribution in [0.4, 0.5) is 11.4 Å². The molecule has 2 atom stereocenters. The Labute approximate surface area is 117 Å².